The first-order valence-corrected chi connectivity index (χ1v) is 7.28. The summed E-state index contributed by atoms with van der Waals surface area (Å²) in [5, 5.41) is 7.20. The Morgan fingerprint density at radius 1 is 1.29 bits per heavy atom. The quantitative estimate of drug-likeness (QED) is 0.895. The second kappa shape index (κ2) is 6.53. The first kappa shape index (κ1) is 13.1. The monoisotopic (exact) mass is 296 g/mol. The fourth-order valence-corrected chi connectivity index (χ4v) is 3.08. The van der Waals surface area contributed by atoms with Crippen LogP contribution in [0.4, 0.5) is 0 Å². The van der Waals surface area contributed by atoms with Gasteiger partial charge >= 0.3 is 0 Å². The zero-order valence-corrected chi connectivity index (χ0v) is 12.0. The number of benzene rings is 1. The Morgan fingerprint density at radius 2 is 2.12 bits per heavy atom. The standard InChI is InChI=1S/C14H21BrN2/c1-11(13-6-2-3-7-14(13)15)17-12-5-4-9-16-10-8-12/h2-3,6-7,11-12,16-17H,4-5,8-10H2,1H3/t11-,12?/m0/s1. The van der Waals surface area contributed by atoms with Crippen molar-refractivity contribution in [3.05, 3.63) is 34.3 Å². The van der Waals surface area contributed by atoms with Gasteiger partial charge in [-0.1, -0.05) is 34.1 Å². The summed E-state index contributed by atoms with van der Waals surface area (Å²) in [6.07, 6.45) is 3.79. The lowest BCUT2D eigenvalue weighted by molar-refractivity contribution is 0.420. The topological polar surface area (TPSA) is 24.1 Å². The van der Waals surface area contributed by atoms with Gasteiger partial charge in [0.1, 0.15) is 0 Å². The molecule has 17 heavy (non-hydrogen) atoms. The highest BCUT2D eigenvalue weighted by Crippen LogP contribution is 2.24. The molecule has 2 atom stereocenters. The van der Waals surface area contributed by atoms with Crippen LogP contribution in [0.3, 0.4) is 0 Å². The highest BCUT2D eigenvalue weighted by atomic mass is 79.9. The lowest BCUT2D eigenvalue weighted by atomic mass is 10.0. The molecule has 2 rings (SSSR count). The van der Waals surface area contributed by atoms with Crippen molar-refractivity contribution in [2.24, 2.45) is 0 Å². The van der Waals surface area contributed by atoms with Gasteiger partial charge in [0.2, 0.25) is 0 Å². The molecule has 1 fully saturated rings. The Labute approximate surface area is 112 Å². The van der Waals surface area contributed by atoms with E-state index in [2.05, 4.69) is 57.8 Å². The molecule has 3 heteroatoms. The van der Waals surface area contributed by atoms with Gasteiger partial charge in [-0.3, -0.25) is 0 Å². The van der Waals surface area contributed by atoms with Crippen molar-refractivity contribution in [3.8, 4) is 0 Å². The third-order valence-electron chi connectivity index (χ3n) is 3.43. The first-order valence-electron chi connectivity index (χ1n) is 6.48. The number of hydrogen-bond acceptors (Lipinski definition) is 2. The number of nitrogens with one attached hydrogen (secondary N) is 2. The molecule has 0 bridgehead atoms. The summed E-state index contributed by atoms with van der Waals surface area (Å²) in [5.41, 5.74) is 1.35. The van der Waals surface area contributed by atoms with Crippen LogP contribution in [0.15, 0.2) is 28.7 Å². The van der Waals surface area contributed by atoms with E-state index in [-0.39, 0.29) is 0 Å². The van der Waals surface area contributed by atoms with Crippen molar-refractivity contribution in [1.29, 1.82) is 0 Å². The van der Waals surface area contributed by atoms with Gasteiger partial charge in [-0.25, -0.2) is 0 Å². The largest absolute Gasteiger partial charge is 0.317 e. The SMILES string of the molecule is C[C@H](NC1CCCNCC1)c1ccccc1Br. The van der Waals surface area contributed by atoms with Crippen molar-refractivity contribution >= 4 is 15.9 Å². The predicted octanol–water partition coefficient (Wildman–Crippen LogP) is 3.24. The van der Waals surface area contributed by atoms with Crippen molar-refractivity contribution in [2.75, 3.05) is 13.1 Å². The Bertz CT molecular complexity index is 346. The van der Waals surface area contributed by atoms with Gasteiger partial charge in [0.05, 0.1) is 0 Å². The molecule has 2 N–H and O–H groups in total. The summed E-state index contributed by atoms with van der Waals surface area (Å²) in [6, 6.07) is 9.53. The molecule has 0 amide bonds. The Hall–Kier alpha value is -0.380. The van der Waals surface area contributed by atoms with E-state index in [9.17, 15) is 0 Å². The molecule has 1 saturated heterocycles. The Balaban J connectivity index is 1.96. The third-order valence-corrected chi connectivity index (χ3v) is 4.16. The van der Waals surface area contributed by atoms with Gasteiger partial charge in [-0.05, 0) is 50.9 Å². The molecule has 0 spiro atoms. The van der Waals surface area contributed by atoms with E-state index in [4.69, 9.17) is 0 Å². The summed E-state index contributed by atoms with van der Waals surface area (Å²) in [7, 11) is 0. The van der Waals surface area contributed by atoms with Gasteiger partial charge < -0.3 is 10.6 Å². The number of halogens is 1. The smallest absolute Gasteiger partial charge is 0.0305 e. The van der Waals surface area contributed by atoms with Gasteiger partial charge in [0, 0.05) is 16.6 Å². The average molecular weight is 297 g/mol. The highest BCUT2D eigenvalue weighted by Gasteiger charge is 2.16. The third kappa shape index (κ3) is 3.80. The molecule has 0 aliphatic carbocycles. The fourth-order valence-electron chi connectivity index (χ4n) is 2.46. The van der Waals surface area contributed by atoms with Gasteiger partial charge in [-0.15, -0.1) is 0 Å². The van der Waals surface area contributed by atoms with Crippen molar-refractivity contribution in [1.82, 2.24) is 10.6 Å². The minimum Gasteiger partial charge on any atom is -0.317 e. The summed E-state index contributed by atoms with van der Waals surface area (Å²) in [6.45, 7) is 4.56. The Morgan fingerprint density at radius 3 is 2.94 bits per heavy atom. The van der Waals surface area contributed by atoms with E-state index in [1.54, 1.807) is 0 Å². The van der Waals surface area contributed by atoms with Gasteiger partial charge in [0.25, 0.3) is 0 Å². The first-order chi connectivity index (χ1) is 8.27. The number of hydrogen-bond donors (Lipinski definition) is 2. The summed E-state index contributed by atoms with van der Waals surface area (Å²) in [4.78, 5) is 0. The molecule has 1 heterocycles. The molecule has 94 valence electrons. The van der Waals surface area contributed by atoms with Crippen LogP contribution in [0.2, 0.25) is 0 Å². The lowest BCUT2D eigenvalue weighted by Crippen LogP contribution is -2.32. The van der Waals surface area contributed by atoms with E-state index in [1.807, 2.05) is 0 Å². The molecular weight excluding hydrogens is 276 g/mol. The van der Waals surface area contributed by atoms with E-state index in [1.165, 1.54) is 35.8 Å². The maximum absolute atomic E-state index is 3.75. The van der Waals surface area contributed by atoms with Crippen LogP contribution in [0.25, 0.3) is 0 Å². The molecule has 1 aromatic carbocycles. The van der Waals surface area contributed by atoms with E-state index >= 15 is 0 Å². The second-order valence-electron chi connectivity index (χ2n) is 4.79. The van der Waals surface area contributed by atoms with E-state index < -0.39 is 0 Å². The van der Waals surface area contributed by atoms with E-state index in [0.717, 1.165) is 6.54 Å². The van der Waals surface area contributed by atoms with Crippen LogP contribution >= 0.6 is 15.9 Å². The maximum Gasteiger partial charge on any atom is 0.0305 e. The van der Waals surface area contributed by atoms with Crippen LogP contribution in [0.5, 0.6) is 0 Å². The van der Waals surface area contributed by atoms with E-state index in [0.29, 0.717) is 12.1 Å². The molecule has 1 unspecified atom stereocenters. The van der Waals surface area contributed by atoms with Gasteiger partial charge in [-0.2, -0.15) is 0 Å². The van der Waals surface area contributed by atoms with Crippen LogP contribution in [0.1, 0.15) is 37.8 Å². The second-order valence-corrected chi connectivity index (χ2v) is 5.64. The molecule has 1 aromatic rings. The maximum atomic E-state index is 3.75. The van der Waals surface area contributed by atoms with Crippen LogP contribution in [-0.2, 0) is 0 Å². The lowest BCUT2D eigenvalue weighted by Gasteiger charge is -2.23. The van der Waals surface area contributed by atoms with Crippen molar-refractivity contribution in [3.63, 3.8) is 0 Å². The fraction of sp³-hybridized carbons (Fsp3) is 0.571. The van der Waals surface area contributed by atoms with Gasteiger partial charge in [0.15, 0.2) is 0 Å². The molecule has 1 aliphatic heterocycles. The average Bonchev–Trinajstić information content (AvgIpc) is 2.58. The molecule has 0 radical (unpaired) electrons. The van der Waals surface area contributed by atoms with Crippen LogP contribution < -0.4 is 10.6 Å². The Kier molecular flexibility index (Phi) is 5.01. The normalized spacial score (nSPS) is 23.1. The molecule has 1 aliphatic rings. The molecular formula is C14H21BrN2. The zero-order valence-electron chi connectivity index (χ0n) is 10.4. The predicted molar refractivity (Wildman–Crippen MR) is 76.2 cm³/mol. The summed E-state index contributed by atoms with van der Waals surface area (Å²) >= 11 is 3.62. The van der Waals surface area contributed by atoms with Crippen LogP contribution in [0, 0.1) is 0 Å². The summed E-state index contributed by atoms with van der Waals surface area (Å²) in [5.74, 6) is 0. The molecule has 2 nitrogen and oxygen atoms in total. The van der Waals surface area contributed by atoms with Crippen molar-refractivity contribution in [2.45, 2.75) is 38.3 Å². The zero-order chi connectivity index (χ0) is 12.1. The number of rotatable bonds is 3. The summed E-state index contributed by atoms with van der Waals surface area (Å²) < 4.78 is 1.20. The molecule has 0 saturated carbocycles. The minimum atomic E-state index is 0.411. The highest BCUT2D eigenvalue weighted by molar-refractivity contribution is 9.10. The molecule has 0 aromatic heterocycles. The van der Waals surface area contributed by atoms with Crippen molar-refractivity contribution < 1.29 is 0 Å². The minimum absolute atomic E-state index is 0.411. The van der Waals surface area contributed by atoms with Crippen LogP contribution in [-0.4, -0.2) is 19.1 Å².